The molecule has 0 radical (unpaired) electrons. The van der Waals surface area contributed by atoms with E-state index in [0.29, 0.717) is 36.3 Å². The lowest BCUT2D eigenvalue weighted by atomic mass is 10.1. The van der Waals surface area contributed by atoms with Crippen molar-refractivity contribution in [2.45, 2.75) is 19.7 Å². The van der Waals surface area contributed by atoms with Crippen LogP contribution in [0.2, 0.25) is 0 Å². The number of anilines is 1. The van der Waals surface area contributed by atoms with Gasteiger partial charge in [-0.15, -0.1) is 0 Å². The van der Waals surface area contributed by atoms with Gasteiger partial charge in [-0.2, -0.15) is 18.3 Å². The summed E-state index contributed by atoms with van der Waals surface area (Å²) in [5, 5.41) is 17.4. The van der Waals surface area contributed by atoms with Crippen LogP contribution in [0.5, 0.6) is 11.5 Å². The lowest BCUT2D eigenvalue weighted by molar-refractivity contribution is -0.384. The largest absolute Gasteiger partial charge is 0.490 e. The van der Waals surface area contributed by atoms with Crippen LogP contribution in [0.3, 0.4) is 0 Å². The average Bonchev–Trinajstić information content (AvgIpc) is 2.87. The first-order valence-electron chi connectivity index (χ1n) is 11.3. The van der Waals surface area contributed by atoms with Crippen molar-refractivity contribution in [3.63, 3.8) is 0 Å². The molecule has 0 bridgehead atoms. The molecule has 4 aromatic carbocycles. The van der Waals surface area contributed by atoms with Crippen LogP contribution in [0.25, 0.3) is 10.8 Å². The first-order chi connectivity index (χ1) is 17.7. The molecular weight excluding hydrogens is 487 g/mol. The summed E-state index contributed by atoms with van der Waals surface area (Å²) in [6.07, 6.45) is -3.32. The Morgan fingerprint density at radius 3 is 2.46 bits per heavy atom. The van der Waals surface area contributed by atoms with E-state index in [1.807, 2.05) is 43.3 Å². The van der Waals surface area contributed by atoms with Crippen LogP contribution < -0.4 is 14.9 Å². The smallest absolute Gasteiger partial charge is 0.416 e. The lowest BCUT2D eigenvalue weighted by Crippen LogP contribution is -2.06. The van der Waals surface area contributed by atoms with Crippen molar-refractivity contribution >= 4 is 28.4 Å². The van der Waals surface area contributed by atoms with Crippen LogP contribution in [0, 0.1) is 10.1 Å². The molecule has 0 saturated heterocycles. The molecule has 0 aliphatic carbocycles. The van der Waals surface area contributed by atoms with Crippen LogP contribution in [0.4, 0.5) is 24.5 Å². The predicted molar refractivity (Wildman–Crippen MR) is 135 cm³/mol. The zero-order valence-corrected chi connectivity index (χ0v) is 19.7. The van der Waals surface area contributed by atoms with Crippen molar-refractivity contribution < 1.29 is 27.6 Å². The maximum absolute atomic E-state index is 12.9. The maximum atomic E-state index is 12.9. The summed E-state index contributed by atoms with van der Waals surface area (Å²) in [4.78, 5) is 10.3. The van der Waals surface area contributed by atoms with Gasteiger partial charge < -0.3 is 9.47 Å². The number of ether oxygens (including phenoxy) is 2. The zero-order chi connectivity index (χ0) is 26.4. The number of nitro groups is 1. The summed E-state index contributed by atoms with van der Waals surface area (Å²) in [7, 11) is 0. The molecule has 0 saturated carbocycles. The second-order valence-electron chi connectivity index (χ2n) is 7.97. The van der Waals surface area contributed by atoms with E-state index in [2.05, 4.69) is 16.6 Å². The van der Waals surface area contributed by atoms with Gasteiger partial charge in [-0.3, -0.25) is 15.5 Å². The molecule has 4 rings (SSSR count). The zero-order valence-electron chi connectivity index (χ0n) is 19.7. The Morgan fingerprint density at radius 2 is 1.73 bits per heavy atom. The normalized spacial score (nSPS) is 11.6. The second kappa shape index (κ2) is 11.0. The van der Waals surface area contributed by atoms with Crippen LogP contribution >= 0.6 is 0 Å². The molecule has 0 spiro atoms. The van der Waals surface area contributed by atoms with E-state index in [9.17, 15) is 23.3 Å². The molecule has 0 amide bonds. The molecule has 1 N–H and O–H groups in total. The Morgan fingerprint density at radius 1 is 0.946 bits per heavy atom. The van der Waals surface area contributed by atoms with Gasteiger partial charge in [0.05, 0.1) is 23.3 Å². The summed E-state index contributed by atoms with van der Waals surface area (Å²) < 4.78 is 50.3. The maximum Gasteiger partial charge on any atom is 0.416 e. The van der Waals surface area contributed by atoms with Gasteiger partial charge in [0.25, 0.3) is 5.69 Å². The summed E-state index contributed by atoms with van der Waals surface area (Å²) >= 11 is 0. The molecule has 0 atom stereocenters. The van der Waals surface area contributed by atoms with Crippen molar-refractivity contribution in [1.82, 2.24) is 0 Å². The van der Waals surface area contributed by atoms with E-state index in [1.54, 1.807) is 18.2 Å². The minimum absolute atomic E-state index is 0.172. The highest BCUT2D eigenvalue weighted by Crippen LogP contribution is 2.35. The highest BCUT2D eigenvalue weighted by Gasteiger charge is 2.33. The Kier molecular flexibility index (Phi) is 7.57. The number of hydrazone groups is 1. The van der Waals surface area contributed by atoms with Gasteiger partial charge in [0, 0.05) is 6.07 Å². The minimum atomic E-state index is -4.69. The topological polar surface area (TPSA) is 86.0 Å². The van der Waals surface area contributed by atoms with Crippen LogP contribution in [0.1, 0.15) is 23.6 Å². The molecule has 0 aromatic heterocycles. The van der Waals surface area contributed by atoms with Gasteiger partial charge in [0.1, 0.15) is 12.3 Å². The Labute approximate surface area is 210 Å². The SMILES string of the molecule is CCOc1cc(/C=N\Nc2ccc(C(F)(F)F)cc2[N+](=O)[O-])ccc1OCc1ccc2ccccc2c1. The molecule has 0 unspecified atom stereocenters. The quantitative estimate of drug-likeness (QED) is 0.147. The molecule has 37 heavy (non-hydrogen) atoms. The molecule has 0 aliphatic rings. The fourth-order valence-corrected chi connectivity index (χ4v) is 3.61. The van der Waals surface area contributed by atoms with Crippen molar-refractivity contribution in [3.05, 3.63) is 106 Å². The Balaban J connectivity index is 1.47. The number of hydrogen-bond acceptors (Lipinski definition) is 6. The van der Waals surface area contributed by atoms with Crippen LogP contribution in [-0.4, -0.2) is 17.7 Å². The molecule has 7 nitrogen and oxygen atoms in total. The lowest BCUT2D eigenvalue weighted by Gasteiger charge is -2.13. The highest BCUT2D eigenvalue weighted by molar-refractivity contribution is 5.83. The molecule has 0 aliphatic heterocycles. The minimum Gasteiger partial charge on any atom is -0.490 e. The van der Waals surface area contributed by atoms with Gasteiger partial charge >= 0.3 is 6.18 Å². The third kappa shape index (κ3) is 6.35. The molecule has 10 heteroatoms. The van der Waals surface area contributed by atoms with Gasteiger partial charge in [0.2, 0.25) is 0 Å². The predicted octanol–water partition coefficient (Wildman–Crippen LogP) is 7.19. The second-order valence-corrected chi connectivity index (χ2v) is 7.97. The van der Waals surface area contributed by atoms with Crippen molar-refractivity contribution in [3.8, 4) is 11.5 Å². The van der Waals surface area contributed by atoms with Crippen LogP contribution in [-0.2, 0) is 12.8 Å². The van der Waals surface area contributed by atoms with E-state index in [-0.39, 0.29) is 5.69 Å². The van der Waals surface area contributed by atoms with E-state index < -0.39 is 22.4 Å². The first-order valence-corrected chi connectivity index (χ1v) is 11.3. The van der Waals surface area contributed by atoms with Crippen molar-refractivity contribution in [2.75, 3.05) is 12.0 Å². The monoisotopic (exact) mass is 509 g/mol. The van der Waals surface area contributed by atoms with Gasteiger partial charge in [-0.25, -0.2) is 0 Å². The number of nitrogens with zero attached hydrogens (tertiary/aromatic N) is 2. The van der Waals surface area contributed by atoms with Crippen molar-refractivity contribution in [1.29, 1.82) is 0 Å². The summed E-state index contributed by atoms with van der Waals surface area (Å²) in [6.45, 7) is 2.56. The Hall–Kier alpha value is -4.60. The van der Waals surface area contributed by atoms with E-state index in [0.717, 1.165) is 28.5 Å². The summed E-state index contributed by atoms with van der Waals surface area (Å²) in [5.41, 5.74) is 1.99. The molecule has 4 aromatic rings. The third-order valence-electron chi connectivity index (χ3n) is 5.40. The number of fused-ring (bicyclic) bond motifs is 1. The third-order valence-corrected chi connectivity index (χ3v) is 5.40. The average molecular weight is 509 g/mol. The number of hydrogen-bond donors (Lipinski definition) is 1. The molecular formula is C27H22F3N3O4. The standard InChI is InChI=1S/C27H22F3N3O4/c1-2-36-26-14-18(16-31-32-23-11-10-22(27(28,29)30)15-24(23)33(34)35)8-12-25(26)37-17-19-7-9-20-5-3-4-6-21(20)13-19/h3-16,32H,2,17H2,1H3/b31-16-. The Bertz CT molecular complexity index is 1450. The van der Waals surface area contributed by atoms with E-state index in [4.69, 9.17) is 9.47 Å². The van der Waals surface area contributed by atoms with Gasteiger partial charge in [0.15, 0.2) is 11.5 Å². The highest BCUT2D eigenvalue weighted by atomic mass is 19.4. The molecule has 0 fully saturated rings. The first kappa shape index (κ1) is 25.5. The number of nitro benzene ring substituents is 1. The summed E-state index contributed by atoms with van der Waals surface area (Å²) in [6, 6.07) is 21.4. The van der Waals surface area contributed by atoms with E-state index in [1.165, 1.54) is 6.21 Å². The molecule has 0 heterocycles. The summed E-state index contributed by atoms with van der Waals surface area (Å²) in [5.74, 6) is 1.01. The van der Waals surface area contributed by atoms with Gasteiger partial charge in [-0.1, -0.05) is 36.4 Å². The molecule has 190 valence electrons. The number of rotatable bonds is 9. The fourth-order valence-electron chi connectivity index (χ4n) is 3.61. The van der Waals surface area contributed by atoms with E-state index >= 15 is 0 Å². The van der Waals surface area contributed by atoms with Gasteiger partial charge in [-0.05, 0) is 65.2 Å². The fraction of sp³-hybridized carbons (Fsp3) is 0.148. The number of halogens is 3. The number of benzene rings is 4. The van der Waals surface area contributed by atoms with Crippen LogP contribution in [0.15, 0.2) is 84.0 Å². The van der Waals surface area contributed by atoms with Crippen molar-refractivity contribution in [2.24, 2.45) is 5.10 Å². The number of nitrogens with one attached hydrogen (secondary N) is 1. The number of alkyl halides is 3.